The van der Waals surface area contributed by atoms with Gasteiger partial charge in [-0.25, -0.2) is 0 Å². The van der Waals surface area contributed by atoms with E-state index < -0.39 is 0 Å². The fourth-order valence-corrected chi connectivity index (χ4v) is 2.40. The molecule has 1 fully saturated rings. The Labute approximate surface area is 107 Å². The number of unbranched alkanes of at least 4 members (excludes halogenated alkanes) is 1. The zero-order valence-electron chi connectivity index (χ0n) is 12.0. The van der Waals surface area contributed by atoms with Crippen LogP contribution in [0.15, 0.2) is 0 Å². The van der Waals surface area contributed by atoms with Crippen LogP contribution < -0.4 is 0 Å². The zero-order chi connectivity index (χ0) is 12.5. The molecule has 0 aromatic rings. The molecule has 0 bridgehead atoms. The van der Waals surface area contributed by atoms with E-state index in [9.17, 15) is 0 Å². The number of hydrogen-bond donors (Lipinski definition) is 0. The van der Waals surface area contributed by atoms with E-state index in [0.717, 1.165) is 19.7 Å². The van der Waals surface area contributed by atoms with Crippen LogP contribution in [0.1, 0.15) is 39.5 Å². The highest BCUT2D eigenvalue weighted by molar-refractivity contribution is 4.72. The van der Waals surface area contributed by atoms with Gasteiger partial charge in [0.15, 0.2) is 0 Å². The van der Waals surface area contributed by atoms with Gasteiger partial charge < -0.3 is 9.64 Å². The smallest absolute Gasteiger partial charge is 0.0714 e. The van der Waals surface area contributed by atoms with E-state index in [2.05, 4.69) is 30.7 Å². The maximum absolute atomic E-state index is 5.85. The summed E-state index contributed by atoms with van der Waals surface area (Å²) in [4.78, 5) is 4.98. The molecular formula is C14H30N2O. The molecule has 0 aliphatic carbocycles. The Morgan fingerprint density at radius 2 is 2.06 bits per heavy atom. The maximum atomic E-state index is 5.85. The maximum Gasteiger partial charge on any atom is 0.0714 e. The Balaban J connectivity index is 2.15. The van der Waals surface area contributed by atoms with Crippen molar-refractivity contribution in [3.8, 4) is 0 Å². The molecule has 0 amide bonds. The average Bonchev–Trinajstić information content (AvgIpc) is 2.35. The van der Waals surface area contributed by atoms with Gasteiger partial charge in [-0.3, -0.25) is 4.90 Å². The van der Waals surface area contributed by atoms with Gasteiger partial charge in [0.2, 0.25) is 0 Å². The lowest BCUT2D eigenvalue weighted by Gasteiger charge is -2.33. The Hall–Kier alpha value is -0.120. The number of morpholine rings is 1. The third-order valence-corrected chi connectivity index (χ3v) is 3.49. The van der Waals surface area contributed by atoms with Crippen molar-refractivity contribution in [3.63, 3.8) is 0 Å². The van der Waals surface area contributed by atoms with Gasteiger partial charge in [0.25, 0.3) is 0 Å². The fraction of sp³-hybridized carbons (Fsp3) is 1.00. The first-order valence-electron chi connectivity index (χ1n) is 7.28. The van der Waals surface area contributed by atoms with E-state index >= 15 is 0 Å². The lowest BCUT2D eigenvalue weighted by Crippen LogP contribution is -2.43. The molecule has 1 atom stereocenters. The summed E-state index contributed by atoms with van der Waals surface area (Å²) in [7, 11) is 2.21. The molecule has 3 heteroatoms. The van der Waals surface area contributed by atoms with Crippen LogP contribution in [0.2, 0.25) is 0 Å². The molecule has 0 unspecified atom stereocenters. The summed E-state index contributed by atoms with van der Waals surface area (Å²) in [6, 6.07) is 0. The predicted molar refractivity (Wildman–Crippen MR) is 73.5 cm³/mol. The third-order valence-electron chi connectivity index (χ3n) is 3.49. The largest absolute Gasteiger partial charge is 0.376 e. The minimum absolute atomic E-state index is 0.458. The van der Waals surface area contributed by atoms with Crippen molar-refractivity contribution in [2.24, 2.45) is 0 Å². The van der Waals surface area contributed by atoms with Crippen LogP contribution in [0, 0.1) is 0 Å². The summed E-state index contributed by atoms with van der Waals surface area (Å²) < 4.78 is 5.85. The van der Waals surface area contributed by atoms with Gasteiger partial charge in [0.1, 0.15) is 0 Å². The molecule has 0 spiro atoms. The summed E-state index contributed by atoms with van der Waals surface area (Å²) >= 11 is 0. The number of hydrogen-bond acceptors (Lipinski definition) is 3. The van der Waals surface area contributed by atoms with E-state index in [1.54, 1.807) is 0 Å². The first-order valence-corrected chi connectivity index (χ1v) is 7.28. The molecule has 1 saturated heterocycles. The lowest BCUT2D eigenvalue weighted by molar-refractivity contribution is -0.0350. The zero-order valence-corrected chi connectivity index (χ0v) is 12.0. The molecule has 0 aromatic carbocycles. The van der Waals surface area contributed by atoms with Crippen molar-refractivity contribution in [2.45, 2.75) is 45.6 Å². The van der Waals surface area contributed by atoms with E-state index in [-0.39, 0.29) is 0 Å². The fourth-order valence-electron chi connectivity index (χ4n) is 2.40. The highest BCUT2D eigenvalue weighted by Crippen LogP contribution is 2.10. The average molecular weight is 242 g/mol. The van der Waals surface area contributed by atoms with E-state index in [1.165, 1.54) is 45.3 Å². The SMILES string of the molecule is CCCCN1CCO[C@@H](CCN(C)CCC)C1. The van der Waals surface area contributed by atoms with E-state index in [1.807, 2.05) is 0 Å². The molecule has 1 rings (SSSR count). The molecular weight excluding hydrogens is 212 g/mol. The molecule has 1 aliphatic rings. The van der Waals surface area contributed by atoms with Crippen LogP contribution in [0.4, 0.5) is 0 Å². The highest BCUT2D eigenvalue weighted by Gasteiger charge is 2.19. The van der Waals surface area contributed by atoms with Gasteiger partial charge in [0.05, 0.1) is 12.7 Å². The molecule has 1 heterocycles. The second kappa shape index (κ2) is 8.90. The predicted octanol–water partition coefficient (Wildman–Crippen LogP) is 2.22. The quantitative estimate of drug-likeness (QED) is 0.649. The highest BCUT2D eigenvalue weighted by atomic mass is 16.5. The van der Waals surface area contributed by atoms with Gasteiger partial charge in [0, 0.05) is 19.6 Å². The Morgan fingerprint density at radius 1 is 1.24 bits per heavy atom. The topological polar surface area (TPSA) is 15.7 Å². The summed E-state index contributed by atoms with van der Waals surface area (Å²) in [5, 5.41) is 0. The van der Waals surface area contributed by atoms with Crippen LogP contribution in [-0.2, 0) is 4.74 Å². The van der Waals surface area contributed by atoms with Crippen molar-refractivity contribution in [1.82, 2.24) is 9.80 Å². The minimum Gasteiger partial charge on any atom is -0.376 e. The van der Waals surface area contributed by atoms with Crippen molar-refractivity contribution >= 4 is 0 Å². The molecule has 3 nitrogen and oxygen atoms in total. The standard InChI is InChI=1S/C14H30N2O/c1-4-6-9-16-11-12-17-14(13-16)7-10-15(3)8-5-2/h14H,4-13H2,1-3H3/t14-/m0/s1. The van der Waals surface area contributed by atoms with Gasteiger partial charge in [-0.2, -0.15) is 0 Å². The van der Waals surface area contributed by atoms with Crippen LogP contribution in [-0.4, -0.2) is 62.3 Å². The number of ether oxygens (including phenoxy) is 1. The van der Waals surface area contributed by atoms with Crippen LogP contribution >= 0.6 is 0 Å². The second-order valence-electron chi connectivity index (χ2n) is 5.24. The third kappa shape index (κ3) is 6.39. The van der Waals surface area contributed by atoms with Gasteiger partial charge in [-0.05, 0) is 39.4 Å². The monoisotopic (exact) mass is 242 g/mol. The normalized spacial score (nSPS) is 22.2. The van der Waals surface area contributed by atoms with Crippen molar-refractivity contribution in [2.75, 3.05) is 46.4 Å². The van der Waals surface area contributed by atoms with Crippen LogP contribution in [0.25, 0.3) is 0 Å². The van der Waals surface area contributed by atoms with Crippen molar-refractivity contribution < 1.29 is 4.74 Å². The Kier molecular flexibility index (Phi) is 7.82. The Morgan fingerprint density at radius 3 is 2.76 bits per heavy atom. The molecule has 102 valence electrons. The molecule has 0 N–H and O–H groups in total. The van der Waals surface area contributed by atoms with Gasteiger partial charge in [-0.1, -0.05) is 20.3 Å². The first-order chi connectivity index (χ1) is 8.26. The van der Waals surface area contributed by atoms with E-state index in [0.29, 0.717) is 6.10 Å². The number of rotatable bonds is 8. The Bertz CT molecular complexity index is 187. The molecule has 17 heavy (non-hydrogen) atoms. The minimum atomic E-state index is 0.458. The summed E-state index contributed by atoms with van der Waals surface area (Å²) in [6.45, 7) is 11.3. The van der Waals surface area contributed by atoms with Crippen molar-refractivity contribution in [1.29, 1.82) is 0 Å². The van der Waals surface area contributed by atoms with Gasteiger partial charge in [-0.15, -0.1) is 0 Å². The molecule has 0 radical (unpaired) electrons. The molecule has 0 aromatic heterocycles. The summed E-state index contributed by atoms with van der Waals surface area (Å²) in [5.41, 5.74) is 0. The van der Waals surface area contributed by atoms with Crippen LogP contribution in [0.3, 0.4) is 0 Å². The molecule has 0 saturated carbocycles. The number of nitrogens with zero attached hydrogens (tertiary/aromatic N) is 2. The lowest BCUT2D eigenvalue weighted by atomic mass is 10.2. The summed E-state index contributed by atoms with van der Waals surface area (Å²) in [5.74, 6) is 0. The van der Waals surface area contributed by atoms with E-state index in [4.69, 9.17) is 4.74 Å². The summed E-state index contributed by atoms with van der Waals surface area (Å²) in [6.07, 6.45) is 5.49. The van der Waals surface area contributed by atoms with Gasteiger partial charge >= 0.3 is 0 Å². The second-order valence-corrected chi connectivity index (χ2v) is 5.24. The van der Waals surface area contributed by atoms with Crippen LogP contribution in [0.5, 0.6) is 0 Å². The first kappa shape index (κ1) is 14.9. The van der Waals surface area contributed by atoms with Crippen molar-refractivity contribution in [3.05, 3.63) is 0 Å². The molecule has 1 aliphatic heterocycles.